The Kier molecular flexibility index (Phi) is 5.30. The third-order valence-electron chi connectivity index (χ3n) is 5.28. The Balaban J connectivity index is 1.54. The molecule has 1 aliphatic heterocycles. The molecule has 2 aliphatic rings. The molecule has 1 N–H and O–H groups in total. The van der Waals surface area contributed by atoms with Gasteiger partial charge in [-0.2, -0.15) is 4.31 Å². The Hall–Kier alpha value is -1.74. The lowest BCUT2D eigenvalue weighted by Crippen LogP contribution is -2.40. The summed E-state index contributed by atoms with van der Waals surface area (Å²) >= 11 is 3.41. The van der Waals surface area contributed by atoms with Crippen LogP contribution in [-0.2, 0) is 25.0 Å². The number of sulfonamides is 1. The summed E-state index contributed by atoms with van der Waals surface area (Å²) in [6, 6.07) is 14.2. The van der Waals surface area contributed by atoms with Crippen LogP contribution in [0, 0.1) is 0 Å². The Bertz CT molecular complexity index is 982. The van der Waals surface area contributed by atoms with Crippen molar-refractivity contribution in [1.82, 2.24) is 4.31 Å². The molecule has 8 heteroatoms. The zero-order valence-corrected chi connectivity index (χ0v) is 17.6. The number of carbonyl (C=O) groups is 1. The Morgan fingerprint density at radius 2 is 1.75 bits per heavy atom. The van der Waals surface area contributed by atoms with E-state index < -0.39 is 15.4 Å². The molecule has 0 unspecified atom stereocenters. The molecular weight excluding hydrogens is 444 g/mol. The van der Waals surface area contributed by atoms with Gasteiger partial charge in [0, 0.05) is 23.2 Å². The van der Waals surface area contributed by atoms with Crippen LogP contribution < -0.4 is 5.32 Å². The first-order valence-electron chi connectivity index (χ1n) is 9.17. The molecule has 4 rings (SSSR count). The van der Waals surface area contributed by atoms with E-state index in [0.29, 0.717) is 32.0 Å². The lowest BCUT2D eigenvalue weighted by atomic mass is 9.95. The standard InChI is InChI=1S/C20H21BrN2O4S/c21-16-6-4-15(5-7-16)20(8-9-20)19(24)22-17-2-1-3-18(14-17)28(25,26)23-10-12-27-13-11-23/h1-7,14H,8-13H2,(H,22,24). The maximum Gasteiger partial charge on any atom is 0.243 e. The van der Waals surface area contributed by atoms with Crippen LogP contribution in [0.25, 0.3) is 0 Å². The van der Waals surface area contributed by atoms with Crippen LogP contribution in [0.1, 0.15) is 18.4 Å². The fourth-order valence-electron chi connectivity index (χ4n) is 3.46. The number of nitrogens with zero attached hydrogens (tertiary/aromatic N) is 1. The van der Waals surface area contributed by atoms with Gasteiger partial charge in [-0.25, -0.2) is 8.42 Å². The number of amides is 1. The highest BCUT2D eigenvalue weighted by Crippen LogP contribution is 2.49. The molecule has 0 bridgehead atoms. The summed E-state index contributed by atoms with van der Waals surface area (Å²) in [5, 5.41) is 2.91. The van der Waals surface area contributed by atoms with E-state index in [1.165, 1.54) is 10.4 Å². The number of hydrogen-bond donors (Lipinski definition) is 1. The number of carbonyl (C=O) groups excluding carboxylic acids is 1. The van der Waals surface area contributed by atoms with Crippen LogP contribution in [0.2, 0.25) is 0 Å². The number of benzene rings is 2. The third-order valence-corrected chi connectivity index (χ3v) is 7.70. The average Bonchev–Trinajstić information content (AvgIpc) is 3.51. The predicted molar refractivity (Wildman–Crippen MR) is 110 cm³/mol. The molecule has 6 nitrogen and oxygen atoms in total. The van der Waals surface area contributed by atoms with Crippen molar-refractivity contribution in [3.8, 4) is 0 Å². The van der Waals surface area contributed by atoms with Crippen molar-refractivity contribution in [2.75, 3.05) is 31.6 Å². The van der Waals surface area contributed by atoms with Crippen molar-refractivity contribution >= 4 is 37.5 Å². The van der Waals surface area contributed by atoms with E-state index in [1.807, 2.05) is 24.3 Å². The van der Waals surface area contributed by atoms with Gasteiger partial charge in [0.05, 0.1) is 23.5 Å². The van der Waals surface area contributed by atoms with Crippen LogP contribution in [0.15, 0.2) is 57.9 Å². The topological polar surface area (TPSA) is 75.7 Å². The number of halogens is 1. The Morgan fingerprint density at radius 1 is 1.07 bits per heavy atom. The van der Waals surface area contributed by atoms with Crippen LogP contribution in [-0.4, -0.2) is 44.9 Å². The SMILES string of the molecule is O=C(Nc1cccc(S(=O)(=O)N2CCOCC2)c1)C1(c2ccc(Br)cc2)CC1. The van der Waals surface area contributed by atoms with Crippen molar-refractivity contribution in [3.63, 3.8) is 0 Å². The van der Waals surface area contributed by atoms with E-state index in [0.717, 1.165) is 22.9 Å². The molecule has 2 aromatic carbocycles. The van der Waals surface area contributed by atoms with Gasteiger partial charge >= 0.3 is 0 Å². The highest BCUT2D eigenvalue weighted by molar-refractivity contribution is 9.10. The fourth-order valence-corrected chi connectivity index (χ4v) is 5.18. The van der Waals surface area contributed by atoms with Crippen molar-refractivity contribution in [2.24, 2.45) is 0 Å². The molecule has 1 aliphatic carbocycles. The minimum Gasteiger partial charge on any atom is -0.379 e. The number of rotatable bonds is 5. The molecule has 0 spiro atoms. The second-order valence-electron chi connectivity index (χ2n) is 7.09. The largest absolute Gasteiger partial charge is 0.379 e. The quantitative estimate of drug-likeness (QED) is 0.737. The number of anilines is 1. The minimum atomic E-state index is -3.60. The summed E-state index contributed by atoms with van der Waals surface area (Å²) in [7, 11) is -3.60. The van der Waals surface area contributed by atoms with Gasteiger partial charge in [0.2, 0.25) is 15.9 Å². The smallest absolute Gasteiger partial charge is 0.243 e. The van der Waals surface area contributed by atoms with E-state index in [-0.39, 0.29) is 10.8 Å². The lowest BCUT2D eigenvalue weighted by molar-refractivity contribution is -0.118. The summed E-state index contributed by atoms with van der Waals surface area (Å²) in [5.74, 6) is -0.101. The predicted octanol–water partition coefficient (Wildman–Crippen LogP) is 3.14. The van der Waals surface area contributed by atoms with E-state index in [4.69, 9.17) is 4.74 Å². The maximum absolute atomic E-state index is 12.9. The molecule has 2 aromatic rings. The molecule has 1 saturated carbocycles. The first-order valence-corrected chi connectivity index (χ1v) is 11.4. The summed E-state index contributed by atoms with van der Waals surface area (Å²) < 4.78 is 33.3. The normalized spacial score (nSPS) is 19.2. The molecule has 0 atom stereocenters. The summed E-state index contributed by atoms with van der Waals surface area (Å²) in [6.45, 7) is 1.47. The number of nitrogens with one attached hydrogen (secondary N) is 1. The van der Waals surface area contributed by atoms with E-state index >= 15 is 0 Å². The highest BCUT2D eigenvalue weighted by Gasteiger charge is 2.51. The van der Waals surface area contributed by atoms with Gasteiger partial charge in [0.1, 0.15) is 0 Å². The van der Waals surface area contributed by atoms with Gasteiger partial charge in [-0.15, -0.1) is 0 Å². The molecule has 0 radical (unpaired) electrons. The second-order valence-corrected chi connectivity index (χ2v) is 9.94. The molecular formula is C20H21BrN2O4S. The van der Waals surface area contributed by atoms with Gasteiger partial charge < -0.3 is 10.1 Å². The van der Waals surface area contributed by atoms with Gasteiger partial charge in [0.25, 0.3) is 0 Å². The average molecular weight is 465 g/mol. The summed E-state index contributed by atoms with van der Waals surface area (Å²) in [6.07, 6.45) is 1.57. The lowest BCUT2D eigenvalue weighted by Gasteiger charge is -2.26. The fraction of sp³-hybridized carbons (Fsp3) is 0.350. The summed E-state index contributed by atoms with van der Waals surface area (Å²) in [5.41, 5.74) is 0.938. The van der Waals surface area contributed by atoms with Crippen molar-refractivity contribution in [3.05, 3.63) is 58.6 Å². The molecule has 0 aromatic heterocycles. The van der Waals surface area contributed by atoms with E-state index in [2.05, 4.69) is 21.2 Å². The Labute approximate surface area is 173 Å². The maximum atomic E-state index is 12.9. The van der Waals surface area contributed by atoms with Gasteiger partial charge in [-0.3, -0.25) is 4.79 Å². The zero-order chi connectivity index (χ0) is 19.8. The van der Waals surface area contributed by atoms with Crippen LogP contribution in [0.4, 0.5) is 5.69 Å². The van der Waals surface area contributed by atoms with Crippen molar-refractivity contribution in [1.29, 1.82) is 0 Å². The monoisotopic (exact) mass is 464 g/mol. The van der Waals surface area contributed by atoms with Crippen LogP contribution in [0.5, 0.6) is 0 Å². The first kappa shape index (κ1) is 19.6. The number of morpholine rings is 1. The zero-order valence-electron chi connectivity index (χ0n) is 15.2. The number of hydrogen-bond acceptors (Lipinski definition) is 4. The minimum absolute atomic E-state index is 0.101. The molecule has 1 saturated heterocycles. The van der Waals surface area contributed by atoms with Crippen LogP contribution >= 0.6 is 15.9 Å². The molecule has 148 valence electrons. The van der Waals surface area contributed by atoms with Crippen LogP contribution in [0.3, 0.4) is 0 Å². The molecule has 28 heavy (non-hydrogen) atoms. The van der Waals surface area contributed by atoms with Gasteiger partial charge in [-0.05, 0) is 48.7 Å². The molecule has 1 heterocycles. The third kappa shape index (κ3) is 3.74. The van der Waals surface area contributed by atoms with E-state index in [9.17, 15) is 13.2 Å². The second kappa shape index (κ2) is 7.59. The van der Waals surface area contributed by atoms with E-state index in [1.54, 1.807) is 18.2 Å². The van der Waals surface area contributed by atoms with Crippen molar-refractivity contribution in [2.45, 2.75) is 23.2 Å². The molecule has 1 amide bonds. The first-order chi connectivity index (χ1) is 13.4. The Morgan fingerprint density at radius 3 is 2.39 bits per heavy atom. The highest BCUT2D eigenvalue weighted by atomic mass is 79.9. The molecule has 2 fully saturated rings. The van der Waals surface area contributed by atoms with Gasteiger partial charge in [0.15, 0.2) is 0 Å². The number of ether oxygens (including phenoxy) is 1. The van der Waals surface area contributed by atoms with Crippen molar-refractivity contribution < 1.29 is 17.9 Å². The summed E-state index contributed by atoms with van der Waals surface area (Å²) in [4.78, 5) is 13.1. The van der Waals surface area contributed by atoms with Gasteiger partial charge in [-0.1, -0.05) is 34.1 Å².